The van der Waals surface area contributed by atoms with Gasteiger partial charge < -0.3 is 0 Å². The third kappa shape index (κ3) is 8.47. The van der Waals surface area contributed by atoms with Crippen LogP contribution in [0.3, 0.4) is 0 Å². The number of nitrogens with one attached hydrogen (secondary N) is 1. The molecule has 0 aliphatic heterocycles. The Labute approximate surface area is 171 Å². The Balaban J connectivity index is 1.64. The molecule has 4 heteroatoms. The van der Waals surface area contributed by atoms with E-state index < -0.39 is 10.0 Å². The maximum absolute atomic E-state index is 12.3. The van der Waals surface area contributed by atoms with E-state index in [0.29, 0.717) is 5.69 Å². The van der Waals surface area contributed by atoms with Crippen LogP contribution in [-0.4, -0.2) is 8.42 Å². The van der Waals surface area contributed by atoms with Gasteiger partial charge in [0.1, 0.15) is 0 Å². The molecule has 0 saturated carbocycles. The van der Waals surface area contributed by atoms with Crippen LogP contribution in [0.1, 0.15) is 76.7 Å². The van der Waals surface area contributed by atoms with Crippen molar-refractivity contribution < 1.29 is 8.42 Å². The van der Waals surface area contributed by atoms with Gasteiger partial charge in [0.15, 0.2) is 0 Å². The average molecular weight is 402 g/mol. The smallest absolute Gasteiger partial charge is 0.261 e. The first-order chi connectivity index (χ1) is 13.6. The highest BCUT2D eigenvalue weighted by Gasteiger charge is 2.13. The lowest BCUT2D eigenvalue weighted by atomic mass is 10.0. The van der Waals surface area contributed by atoms with Crippen LogP contribution in [0, 0.1) is 0 Å². The van der Waals surface area contributed by atoms with Crippen LogP contribution in [0.4, 0.5) is 5.69 Å². The molecule has 3 nitrogen and oxygen atoms in total. The molecule has 0 atom stereocenters. The fourth-order valence-electron chi connectivity index (χ4n) is 3.37. The second-order valence-electron chi connectivity index (χ2n) is 7.55. The summed E-state index contributed by atoms with van der Waals surface area (Å²) in [5.41, 5.74) is 1.87. The van der Waals surface area contributed by atoms with Gasteiger partial charge in [0, 0.05) is 5.69 Å². The van der Waals surface area contributed by atoms with E-state index in [-0.39, 0.29) is 4.90 Å². The zero-order valence-electron chi connectivity index (χ0n) is 17.2. The van der Waals surface area contributed by atoms with E-state index in [2.05, 4.69) is 11.6 Å². The Kier molecular flexibility index (Phi) is 10.1. The van der Waals surface area contributed by atoms with Crippen molar-refractivity contribution in [1.82, 2.24) is 0 Å². The molecule has 2 rings (SSSR count). The van der Waals surface area contributed by atoms with E-state index in [9.17, 15) is 8.42 Å². The van der Waals surface area contributed by atoms with Gasteiger partial charge in [-0.2, -0.15) is 0 Å². The highest BCUT2D eigenvalue weighted by Crippen LogP contribution is 2.18. The number of benzene rings is 2. The number of unbranched alkanes of at least 4 members (excludes halogenated alkanes) is 9. The minimum atomic E-state index is -3.51. The second-order valence-corrected chi connectivity index (χ2v) is 9.23. The van der Waals surface area contributed by atoms with Crippen molar-refractivity contribution in [1.29, 1.82) is 0 Å². The fraction of sp³-hybridized carbons (Fsp3) is 0.500. The molecule has 0 amide bonds. The largest absolute Gasteiger partial charge is 0.280 e. The van der Waals surface area contributed by atoms with Crippen molar-refractivity contribution in [3.05, 3.63) is 60.2 Å². The van der Waals surface area contributed by atoms with Crippen LogP contribution in [0.25, 0.3) is 0 Å². The van der Waals surface area contributed by atoms with Gasteiger partial charge in [-0.1, -0.05) is 95.0 Å². The van der Waals surface area contributed by atoms with Gasteiger partial charge in [0.05, 0.1) is 4.90 Å². The zero-order chi connectivity index (χ0) is 20.1. The van der Waals surface area contributed by atoms with Crippen molar-refractivity contribution in [2.75, 3.05) is 4.72 Å². The molecule has 2 aromatic rings. The van der Waals surface area contributed by atoms with Crippen LogP contribution in [0.15, 0.2) is 59.5 Å². The average Bonchev–Trinajstić information content (AvgIpc) is 2.71. The van der Waals surface area contributed by atoms with Crippen LogP contribution >= 0.6 is 0 Å². The Hall–Kier alpha value is -1.81. The van der Waals surface area contributed by atoms with E-state index in [1.165, 1.54) is 69.8 Å². The third-order valence-corrected chi connectivity index (χ3v) is 6.48. The van der Waals surface area contributed by atoms with Crippen LogP contribution in [0.5, 0.6) is 0 Å². The second kappa shape index (κ2) is 12.6. The lowest BCUT2D eigenvalue weighted by molar-refractivity contribution is 0.556. The summed E-state index contributed by atoms with van der Waals surface area (Å²) >= 11 is 0. The summed E-state index contributed by atoms with van der Waals surface area (Å²) in [4.78, 5) is 0.282. The molecule has 1 N–H and O–H groups in total. The minimum absolute atomic E-state index is 0.282. The van der Waals surface area contributed by atoms with E-state index in [1.807, 2.05) is 24.3 Å². The number of rotatable bonds is 14. The van der Waals surface area contributed by atoms with Gasteiger partial charge >= 0.3 is 0 Å². The van der Waals surface area contributed by atoms with E-state index in [1.54, 1.807) is 30.3 Å². The molecule has 0 radical (unpaired) electrons. The van der Waals surface area contributed by atoms with Crippen molar-refractivity contribution in [2.45, 2.75) is 82.4 Å². The van der Waals surface area contributed by atoms with Crippen molar-refractivity contribution in [2.24, 2.45) is 0 Å². The molecule has 0 spiro atoms. The Morgan fingerprint density at radius 1 is 0.679 bits per heavy atom. The first kappa shape index (κ1) is 22.5. The summed E-state index contributed by atoms with van der Waals surface area (Å²) in [6.07, 6.45) is 14.5. The van der Waals surface area contributed by atoms with Gasteiger partial charge in [-0.25, -0.2) is 8.42 Å². The molecule has 0 saturated heterocycles. The standard InChI is InChI=1S/C24H35NO2S/c1-2-3-4-5-6-7-8-9-10-12-15-22-18-20-23(21-19-22)25-28(26,27)24-16-13-11-14-17-24/h11,13-14,16-21,25H,2-10,12,15H2,1H3. The first-order valence-corrected chi connectivity index (χ1v) is 12.3. The number of sulfonamides is 1. The van der Waals surface area contributed by atoms with E-state index in [0.717, 1.165) is 6.42 Å². The summed E-state index contributed by atoms with van der Waals surface area (Å²) in [5.74, 6) is 0. The summed E-state index contributed by atoms with van der Waals surface area (Å²) in [7, 11) is -3.51. The van der Waals surface area contributed by atoms with Gasteiger partial charge in [0.2, 0.25) is 0 Å². The Bertz CT molecular complexity index is 755. The van der Waals surface area contributed by atoms with Gasteiger partial charge in [-0.15, -0.1) is 0 Å². The van der Waals surface area contributed by atoms with Crippen molar-refractivity contribution >= 4 is 15.7 Å². The molecule has 0 aliphatic rings. The van der Waals surface area contributed by atoms with Gasteiger partial charge in [0.25, 0.3) is 10.0 Å². The molecule has 0 unspecified atom stereocenters. The van der Waals surface area contributed by atoms with Gasteiger partial charge in [-0.3, -0.25) is 4.72 Å². The van der Waals surface area contributed by atoms with Crippen LogP contribution < -0.4 is 4.72 Å². The van der Waals surface area contributed by atoms with Crippen LogP contribution in [-0.2, 0) is 16.4 Å². The molecule has 2 aromatic carbocycles. The number of aryl methyl sites for hydroxylation is 1. The third-order valence-electron chi connectivity index (χ3n) is 5.08. The molecule has 0 heterocycles. The van der Waals surface area contributed by atoms with Crippen molar-refractivity contribution in [3.63, 3.8) is 0 Å². The van der Waals surface area contributed by atoms with Crippen LogP contribution in [0.2, 0.25) is 0 Å². The molecular weight excluding hydrogens is 366 g/mol. The maximum atomic E-state index is 12.3. The summed E-state index contributed by atoms with van der Waals surface area (Å²) in [6.45, 7) is 2.26. The molecule has 0 bridgehead atoms. The molecule has 28 heavy (non-hydrogen) atoms. The number of hydrogen-bond donors (Lipinski definition) is 1. The fourth-order valence-corrected chi connectivity index (χ4v) is 4.45. The topological polar surface area (TPSA) is 46.2 Å². The molecule has 0 fully saturated rings. The monoisotopic (exact) mass is 401 g/mol. The predicted molar refractivity (Wildman–Crippen MR) is 119 cm³/mol. The number of anilines is 1. The quantitative estimate of drug-likeness (QED) is 0.348. The molecular formula is C24H35NO2S. The first-order valence-electron chi connectivity index (χ1n) is 10.8. The normalized spacial score (nSPS) is 11.5. The summed E-state index contributed by atoms with van der Waals surface area (Å²) in [5, 5.41) is 0. The minimum Gasteiger partial charge on any atom is -0.280 e. The number of hydrogen-bond acceptors (Lipinski definition) is 2. The van der Waals surface area contributed by atoms with Crippen molar-refractivity contribution in [3.8, 4) is 0 Å². The Morgan fingerprint density at radius 3 is 1.79 bits per heavy atom. The Morgan fingerprint density at radius 2 is 1.21 bits per heavy atom. The SMILES string of the molecule is CCCCCCCCCCCCc1ccc(NS(=O)(=O)c2ccccc2)cc1. The summed E-state index contributed by atoms with van der Waals surface area (Å²) < 4.78 is 27.3. The molecule has 0 aromatic heterocycles. The lowest BCUT2D eigenvalue weighted by Gasteiger charge is -2.09. The highest BCUT2D eigenvalue weighted by atomic mass is 32.2. The summed E-state index contributed by atoms with van der Waals surface area (Å²) in [6, 6.07) is 16.2. The van der Waals surface area contributed by atoms with E-state index >= 15 is 0 Å². The maximum Gasteiger partial charge on any atom is 0.261 e. The lowest BCUT2D eigenvalue weighted by Crippen LogP contribution is -2.12. The zero-order valence-corrected chi connectivity index (χ0v) is 18.0. The van der Waals surface area contributed by atoms with E-state index in [4.69, 9.17) is 0 Å². The molecule has 154 valence electrons. The predicted octanol–water partition coefficient (Wildman–Crippen LogP) is 6.95. The highest BCUT2D eigenvalue weighted by molar-refractivity contribution is 7.92. The molecule has 0 aliphatic carbocycles. The van der Waals surface area contributed by atoms with Gasteiger partial charge in [-0.05, 0) is 42.7 Å².